The smallest absolute Gasteiger partial charge is 0.242 e. The number of pyridine rings is 1. The molecule has 1 aliphatic carbocycles. The minimum absolute atomic E-state index is 0.115. The summed E-state index contributed by atoms with van der Waals surface area (Å²) in [6.45, 7) is 1.93. The van der Waals surface area contributed by atoms with Crippen molar-refractivity contribution in [2.24, 2.45) is 0 Å². The van der Waals surface area contributed by atoms with Crippen LogP contribution in [0.5, 0.6) is 0 Å². The lowest BCUT2D eigenvalue weighted by Gasteiger charge is -2.11. The van der Waals surface area contributed by atoms with E-state index in [1.54, 1.807) is 12.4 Å². The zero-order valence-corrected chi connectivity index (χ0v) is 9.29. The maximum absolute atomic E-state index is 11.7. The number of halogens is 1. The quantitative estimate of drug-likeness (QED) is 0.798. The standard InChI is InChI=1S/C11H13ClN2O/c1-7-4-5-13-6-9(7)10(12)11(15)14-8-2-3-8/h4-6,8,10H,2-3H2,1H3,(H,14,15). The van der Waals surface area contributed by atoms with Gasteiger partial charge in [0.05, 0.1) is 0 Å². The largest absolute Gasteiger partial charge is 0.352 e. The minimum atomic E-state index is -0.626. The second-order valence-corrected chi connectivity index (χ2v) is 4.31. The fourth-order valence-electron chi connectivity index (χ4n) is 1.38. The highest BCUT2D eigenvalue weighted by molar-refractivity contribution is 6.30. The Hall–Kier alpha value is -1.09. The van der Waals surface area contributed by atoms with Gasteiger partial charge in [-0.1, -0.05) is 0 Å². The third-order valence-corrected chi connectivity index (χ3v) is 2.94. The number of amides is 1. The van der Waals surface area contributed by atoms with Gasteiger partial charge in [-0.2, -0.15) is 0 Å². The first-order valence-corrected chi connectivity index (χ1v) is 5.47. The molecule has 1 saturated carbocycles. The van der Waals surface area contributed by atoms with E-state index in [9.17, 15) is 4.79 Å². The van der Waals surface area contributed by atoms with E-state index < -0.39 is 5.38 Å². The number of rotatable bonds is 3. The zero-order chi connectivity index (χ0) is 10.8. The van der Waals surface area contributed by atoms with Crippen molar-refractivity contribution in [3.05, 3.63) is 29.6 Å². The average Bonchev–Trinajstić information content (AvgIpc) is 3.01. The van der Waals surface area contributed by atoms with Crippen LogP contribution in [0.15, 0.2) is 18.5 Å². The summed E-state index contributed by atoms with van der Waals surface area (Å²) >= 11 is 6.08. The summed E-state index contributed by atoms with van der Waals surface area (Å²) < 4.78 is 0. The summed E-state index contributed by atoms with van der Waals surface area (Å²) in [6, 6.07) is 2.20. The number of alkyl halides is 1. The minimum Gasteiger partial charge on any atom is -0.352 e. The molecule has 1 unspecified atom stereocenters. The molecule has 0 saturated heterocycles. The third-order valence-electron chi connectivity index (χ3n) is 2.51. The Balaban J connectivity index is 2.08. The van der Waals surface area contributed by atoms with Crippen LogP contribution < -0.4 is 5.32 Å². The van der Waals surface area contributed by atoms with Crippen molar-refractivity contribution in [2.75, 3.05) is 0 Å². The summed E-state index contributed by atoms with van der Waals surface area (Å²) in [7, 11) is 0. The summed E-state index contributed by atoms with van der Waals surface area (Å²) in [5, 5.41) is 2.26. The van der Waals surface area contributed by atoms with Crippen LogP contribution in [0, 0.1) is 6.92 Å². The number of carbonyl (C=O) groups is 1. The maximum atomic E-state index is 11.7. The van der Waals surface area contributed by atoms with Gasteiger partial charge in [0, 0.05) is 24.0 Å². The monoisotopic (exact) mass is 224 g/mol. The second-order valence-electron chi connectivity index (χ2n) is 3.88. The molecule has 0 spiro atoms. The van der Waals surface area contributed by atoms with Crippen LogP contribution in [0.2, 0.25) is 0 Å². The van der Waals surface area contributed by atoms with Gasteiger partial charge in [0.1, 0.15) is 5.38 Å². The van der Waals surface area contributed by atoms with E-state index in [0.29, 0.717) is 6.04 Å². The molecule has 1 amide bonds. The van der Waals surface area contributed by atoms with E-state index in [2.05, 4.69) is 10.3 Å². The Bertz CT molecular complexity index is 377. The molecule has 1 heterocycles. The average molecular weight is 225 g/mol. The normalized spacial score (nSPS) is 17.2. The number of hydrogen-bond acceptors (Lipinski definition) is 2. The lowest BCUT2D eigenvalue weighted by Crippen LogP contribution is -2.29. The van der Waals surface area contributed by atoms with Crippen LogP contribution in [0.3, 0.4) is 0 Å². The van der Waals surface area contributed by atoms with Gasteiger partial charge in [-0.15, -0.1) is 11.6 Å². The molecule has 0 bridgehead atoms. The lowest BCUT2D eigenvalue weighted by atomic mass is 10.1. The lowest BCUT2D eigenvalue weighted by molar-refractivity contribution is -0.121. The van der Waals surface area contributed by atoms with E-state index in [4.69, 9.17) is 11.6 Å². The molecule has 1 aliphatic rings. The SMILES string of the molecule is Cc1ccncc1C(Cl)C(=O)NC1CC1. The fraction of sp³-hybridized carbons (Fsp3) is 0.455. The number of carbonyl (C=O) groups excluding carboxylic acids is 1. The first kappa shape index (κ1) is 10.4. The van der Waals surface area contributed by atoms with Crippen LogP contribution in [-0.4, -0.2) is 16.9 Å². The maximum Gasteiger partial charge on any atom is 0.242 e. The first-order chi connectivity index (χ1) is 7.18. The topological polar surface area (TPSA) is 42.0 Å². The van der Waals surface area contributed by atoms with Gasteiger partial charge in [0.25, 0.3) is 0 Å². The molecule has 4 heteroatoms. The molecule has 1 aromatic heterocycles. The van der Waals surface area contributed by atoms with E-state index in [1.165, 1.54) is 0 Å². The van der Waals surface area contributed by atoms with Gasteiger partial charge < -0.3 is 5.32 Å². The van der Waals surface area contributed by atoms with E-state index in [1.807, 2.05) is 13.0 Å². The number of aryl methyl sites for hydroxylation is 1. The molecule has 0 radical (unpaired) electrons. The van der Waals surface area contributed by atoms with E-state index in [0.717, 1.165) is 24.0 Å². The van der Waals surface area contributed by atoms with Crippen molar-refractivity contribution in [1.29, 1.82) is 0 Å². The molecule has 80 valence electrons. The summed E-state index contributed by atoms with van der Waals surface area (Å²) in [6.07, 6.45) is 5.49. The van der Waals surface area contributed by atoms with Crippen LogP contribution in [0.4, 0.5) is 0 Å². The number of aromatic nitrogens is 1. The van der Waals surface area contributed by atoms with Crippen molar-refractivity contribution in [2.45, 2.75) is 31.2 Å². The van der Waals surface area contributed by atoms with Crippen molar-refractivity contribution in [1.82, 2.24) is 10.3 Å². The fourth-order valence-corrected chi connectivity index (χ4v) is 1.68. The van der Waals surface area contributed by atoms with Crippen molar-refractivity contribution < 1.29 is 4.79 Å². The molecule has 1 atom stereocenters. The summed E-state index contributed by atoms with van der Waals surface area (Å²) in [5.41, 5.74) is 1.79. The molecule has 15 heavy (non-hydrogen) atoms. The Morgan fingerprint density at radius 2 is 2.40 bits per heavy atom. The van der Waals surface area contributed by atoms with Crippen molar-refractivity contribution in [3.63, 3.8) is 0 Å². The molecular formula is C11H13ClN2O. The molecule has 0 aliphatic heterocycles. The Morgan fingerprint density at radius 3 is 3.00 bits per heavy atom. The van der Waals surface area contributed by atoms with Gasteiger partial charge in [0.15, 0.2) is 0 Å². The Morgan fingerprint density at radius 1 is 1.67 bits per heavy atom. The molecule has 1 aromatic rings. The number of nitrogens with one attached hydrogen (secondary N) is 1. The molecular weight excluding hydrogens is 212 g/mol. The van der Waals surface area contributed by atoms with Crippen molar-refractivity contribution >= 4 is 17.5 Å². The van der Waals surface area contributed by atoms with E-state index >= 15 is 0 Å². The summed E-state index contributed by atoms with van der Waals surface area (Å²) in [4.78, 5) is 15.7. The van der Waals surface area contributed by atoms with Crippen molar-refractivity contribution in [3.8, 4) is 0 Å². The van der Waals surface area contributed by atoms with Crippen LogP contribution >= 0.6 is 11.6 Å². The Labute approximate surface area is 93.8 Å². The molecule has 1 N–H and O–H groups in total. The van der Waals surface area contributed by atoms with Gasteiger partial charge in [-0.3, -0.25) is 9.78 Å². The molecule has 3 nitrogen and oxygen atoms in total. The summed E-state index contributed by atoms with van der Waals surface area (Å²) in [5.74, 6) is -0.115. The van der Waals surface area contributed by atoms with E-state index in [-0.39, 0.29) is 5.91 Å². The molecule has 1 fully saturated rings. The predicted octanol–water partition coefficient (Wildman–Crippen LogP) is 1.95. The highest BCUT2D eigenvalue weighted by Crippen LogP contribution is 2.25. The van der Waals surface area contributed by atoms with Crippen LogP contribution in [0.1, 0.15) is 29.3 Å². The predicted molar refractivity (Wildman–Crippen MR) is 58.7 cm³/mol. The van der Waals surface area contributed by atoms with Crippen LogP contribution in [0.25, 0.3) is 0 Å². The third kappa shape index (κ3) is 2.48. The Kier molecular flexibility index (Phi) is 2.91. The van der Waals surface area contributed by atoms with Gasteiger partial charge in [0.2, 0.25) is 5.91 Å². The number of nitrogens with zero attached hydrogens (tertiary/aromatic N) is 1. The number of hydrogen-bond donors (Lipinski definition) is 1. The zero-order valence-electron chi connectivity index (χ0n) is 8.53. The highest BCUT2D eigenvalue weighted by atomic mass is 35.5. The van der Waals surface area contributed by atoms with Crippen LogP contribution in [-0.2, 0) is 4.79 Å². The second kappa shape index (κ2) is 4.19. The highest BCUT2D eigenvalue weighted by Gasteiger charge is 2.27. The van der Waals surface area contributed by atoms with Gasteiger partial charge in [-0.05, 0) is 31.4 Å². The molecule has 2 rings (SSSR count). The first-order valence-electron chi connectivity index (χ1n) is 5.03. The molecule has 0 aromatic carbocycles. The van der Waals surface area contributed by atoms with Gasteiger partial charge in [-0.25, -0.2) is 0 Å². The van der Waals surface area contributed by atoms with Gasteiger partial charge >= 0.3 is 0 Å².